The van der Waals surface area contributed by atoms with Crippen LogP contribution in [0, 0.1) is 0 Å². The number of carbonyl (C=O) groups excluding carboxylic acids is 3. The third-order valence-corrected chi connectivity index (χ3v) is 6.68. The first-order chi connectivity index (χ1) is 15.9. The molecule has 0 radical (unpaired) electrons. The van der Waals surface area contributed by atoms with Crippen LogP contribution in [0.2, 0.25) is 0 Å². The molecule has 1 aliphatic heterocycles. The zero-order chi connectivity index (χ0) is 23.4. The fourth-order valence-corrected chi connectivity index (χ4v) is 4.60. The number of ether oxygens (including phenoxy) is 1. The van der Waals surface area contributed by atoms with Crippen molar-refractivity contribution < 1.29 is 19.1 Å². The van der Waals surface area contributed by atoms with Crippen molar-refractivity contribution in [2.45, 2.75) is 22.6 Å². The standard InChI is InChI=1S/C25H23N3O4S/c1-25(18-13-15-19(32-2)16-14-18)23(30)28(24(31)26-25)27-22(29)21(17-9-5-3-6-10-17)33-20-11-7-4-8-12-20/h3-16,21H,1-2H3,(H,26,31)(H,27,29)/t21-,25+/m1/s1. The summed E-state index contributed by atoms with van der Waals surface area (Å²) in [6, 6.07) is 24.9. The van der Waals surface area contributed by atoms with Crippen LogP contribution in [0.4, 0.5) is 4.79 Å². The van der Waals surface area contributed by atoms with Crippen molar-refractivity contribution in [2.24, 2.45) is 0 Å². The number of rotatable bonds is 7. The number of methoxy groups -OCH3 is 1. The van der Waals surface area contributed by atoms with Crippen molar-refractivity contribution in [3.05, 3.63) is 96.1 Å². The Morgan fingerprint density at radius 1 is 0.970 bits per heavy atom. The van der Waals surface area contributed by atoms with Crippen LogP contribution >= 0.6 is 11.8 Å². The summed E-state index contributed by atoms with van der Waals surface area (Å²) in [5, 5.41) is 2.79. The van der Waals surface area contributed by atoms with Crippen LogP contribution in [-0.2, 0) is 15.1 Å². The fourth-order valence-electron chi connectivity index (χ4n) is 3.57. The van der Waals surface area contributed by atoms with E-state index in [9.17, 15) is 14.4 Å². The minimum atomic E-state index is -1.31. The van der Waals surface area contributed by atoms with E-state index in [1.165, 1.54) is 11.8 Å². The van der Waals surface area contributed by atoms with Gasteiger partial charge < -0.3 is 10.1 Å². The van der Waals surface area contributed by atoms with Crippen LogP contribution in [0.25, 0.3) is 0 Å². The van der Waals surface area contributed by atoms with Crippen LogP contribution in [-0.4, -0.2) is 30.0 Å². The normalized spacial score (nSPS) is 18.5. The number of nitrogens with zero attached hydrogens (tertiary/aromatic N) is 1. The molecular weight excluding hydrogens is 438 g/mol. The molecule has 1 fully saturated rings. The number of carbonyl (C=O) groups is 3. The molecule has 0 spiro atoms. The van der Waals surface area contributed by atoms with Gasteiger partial charge in [-0.25, -0.2) is 4.79 Å². The van der Waals surface area contributed by atoms with Crippen molar-refractivity contribution in [1.82, 2.24) is 15.8 Å². The predicted octanol–water partition coefficient (Wildman–Crippen LogP) is 4.03. The molecule has 4 amide bonds. The smallest absolute Gasteiger partial charge is 0.344 e. The molecule has 2 atom stereocenters. The van der Waals surface area contributed by atoms with E-state index < -0.39 is 28.6 Å². The van der Waals surface area contributed by atoms with E-state index in [2.05, 4.69) is 10.7 Å². The Kier molecular flexibility index (Phi) is 6.37. The van der Waals surface area contributed by atoms with Gasteiger partial charge in [0, 0.05) is 4.90 Å². The van der Waals surface area contributed by atoms with Crippen LogP contribution in [0.5, 0.6) is 5.75 Å². The maximum atomic E-state index is 13.3. The largest absolute Gasteiger partial charge is 0.497 e. The molecule has 33 heavy (non-hydrogen) atoms. The molecule has 1 heterocycles. The minimum absolute atomic E-state index is 0.475. The molecule has 1 saturated heterocycles. The number of thioether (sulfide) groups is 1. The van der Waals surface area contributed by atoms with E-state index in [-0.39, 0.29) is 0 Å². The summed E-state index contributed by atoms with van der Waals surface area (Å²) in [7, 11) is 1.55. The average molecular weight is 462 g/mol. The highest BCUT2D eigenvalue weighted by molar-refractivity contribution is 8.00. The SMILES string of the molecule is COc1ccc([C@]2(C)NC(=O)N(NC(=O)[C@H](Sc3ccccc3)c3ccccc3)C2=O)cc1. The molecule has 0 saturated carbocycles. The quantitative estimate of drug-likeness (QED) is 0.410. The second kappa shape index (κ2) is 9.38. The summed E-state index contributed by atoms with van der Waals surface area (Å²) in [5.41, 5.74) is 2.56. The first-order valence-corrected chi connectivity index (χ1v) is 11.2. The lowest BCUT2D eigenvalue weighted by Gasteiger charge is -2.23. The number of hydrogen-bond donors (Lipinski definition) is 2. The first-order valence-electron chi connectivity index (χ1n) is 10.3. The Bertz CT molecular complexity index is 1160. The van der Waals surface area contributed by atoms with Crippen LogP contribution in [0.15, 0.2) is 89.8 Å². The zero-order valence-corrected chi connectivity index (χ0v) is 19.0. The monoisotopic (exact) mass is 461 g/mol. The highest BCUT2D eigenvalue weighted by Gasteiger charge is 2.50. The van der Waals surface area contributed by atoms with E-state index in [0.717, 1.165) is 15.5 Å². The molecule has 0 bridgehead atoms. The summed E-state index contributed by atoms with van der Waals surface area (Å²) < 4.78 is 5.16. The molecule has 4 rings (SSSR count). The minimum Gasteiger partial charge on any atom is -0.497 e. The molecule has 1 aliphatic rings. The van der Waals surface area contributed by atoms with Gasteiger partial charge in [-0.15, -0.1) is 11.8 Å². The van der Waals surface area contributed by atoms with Crippen LogP contribution in [0.3, 0.4) is 0 Å². The lowest BCUT2D eigenvalue weighted by atomic mass is 9.92. The van der Waals surface area contributed by atoms with E-state index in [0.29, 0.717) is 11.3 Å². The predicted molar refractivity (Wildman–Crippen MR) is 125 cm³/mol. The summed E-state index contributed by atoms with van der Waals surface area (Å²) in [5.74, 6) is -0.409. The Labute approximate surface area is 196 Å². The zero-order valence-electron chi connectivity index (χ0n) is 18.1. The van der Waals surface area contributed by atoms with Crippen LogP contribution in [0.1, 0.15) is 23.3 Å². The van der Waals surface area contributed by atoms with Crippen molar-refractivity contribution >= 4 is 29.6 Å². The number of nitrogens with one attached hydrogen (secondary N) is 2. The van der Waals surface area contributed by atoms with Gasteiger partial charge in [0.1, 0.15) is 16.5 Å². The number of urea groups is 1. The Morgan fingerprint density at radius 2 is 1.58 bits per heavy atom. The van der Waals surface area contributed by atoms with Gasteiger partial charge >= 0.3 is 6.03 Å². The maximum Gasteiger partial charge on any atom is 0.344 e. The van der Waals surface area contributed by atoms with Crippen LogP contribution < -0.4 is 15.5 Å². The number of benzene rings is 3. The van der Waals surface area contributed by atoms with Gasteiger partial charge in [0.05, 0.1) is 7.11 Å². The third-order valence-electron chi connectivity index (χ3n) is 5.42. The van der Waals surface area contributed by atoms with Gasteiger partial charge in [-0.05, 0) is 42.3 Å². The van der Waals surface area contributed by atoms with Gasteiger partial charge in [-0.3, -0.25) is 15.0 Å². The molecule has 0 aromatic heterocycles. The van der Waals surface area contributed by atoms with E-state index in [1.54, 1.807) is 38.3 Å². The molecule has 0 aliphatic carbocycles. The fraction of sp³-hybridized carbons (Fsp3) is 0.160. The lowest BCUT2D eigenvalue weighted by molar-refractivity contribution is -0.138. The lowest BCUT2D eigenvalue weighted by Crippen LogP contribution is -2.49. The van der Waals surface area contributed by atoms with Crippen molar-refractivity contribution in [3.63, 3.8) is 0 Å². The van der Waals surface area contributed by atoms with Crippen molar-refractivity contribution in [3.8, 4) is 5.75 Å². The molecule has 2 N–H and O–H groups in total. The highest BCUT2D eigenvalue weighted by atomic mass is 32.2. The molecule has 168 valence electrons. The van der Waals surface area contributed by atoms with E-state index >= 15 is 0 Å². The molecule has 8 heteroatoms. The van der Waals surface area contributed by atoms with Gasteiger partial charge in [-0.1, -0.05) is 60.7 Å². The highest BCUT2D eigenvalue weighted by Crippen LogP contribution is 2.36. The molecule has 0 unspecified atom stereocenters. The Balaban J connectivity index is 1.57. The molecule has 3 aromatic rings. The van der Waals surface area contributed by atoms with Gasteiger partial charge in [0.25, 0.3) is 11.8 Å². The third kappa shape index (κ3) is 4.56. The number of hydrogen-bond acceptors (Lipinski definition) is 5. The van der Waals surface area contributed by atoms with E-state index in [4.69, 9.17) is 4.74 Å². The number of hydrazine groups is 1. The molecule has 7 nitrogen and oxygen atoms in total. The van der Waals surface area contributed by atoms with Crippen molar-refractivity contribution in [1.29, 1.82) is 0 Å². The summed E-state index contributed by atoms with van der Waals surface area (Å²) in [6.07, 6.45) is 0. The molecular formula is C25H23N3O4S. The van der Waals surface area contributed by atoms with E-state index in [1.807, 2.05) is 60.7 Å². The van der Waals surface area contributed by atoms with Gasteiger partial charge in [0.15, 0.2) is 0 Å². The number of imide groups is 1. The maximum absolute atomic E-state index is 13.3. The van der Waals surface area contributed by atoms with Crippen molar-refractivity contribution in [2.75, 3.05) is 7.11 Å². The number of amides is 4. The summed E-state index contributed by atoms with van der Waals surface area (Å²) >= 11 is 1.34. The molecule has 3 aromatic carbocycles. The first kappa shape index (κ1) is 22.4. The van der Waals surface area contributed by atoms with Gasteiger partial charge in [0.2, 0.25) is 0 Å². The Morgan fingerprint density at radius 3 is 2.18 bits per heavy atom. The topological polar surface area (TPSA) is 87.7 Å². The second-order valence-corrected chi connectivity index (χ2v) is 8.80. The summed E-state index contributed by atoms with van der Waals surface area (Å²) in [6.45, 7) is 1.61. The summed E-state index contributed by atoms with van der Waals surface area (Å²) in [4.78, 5) is 40.1. The second-order valence-electron chi connectivity index (χ2n) is 7.62. The average Bonchev–Trinajstić information content (AvgIpc) is 3.07. The Hall–Kier alpha value is -3.78. The van der Waals surface area contributed by atoms with Gasteiger partial charge in [-0.2, -0.15) is 5.01 Å².